The van der Waals surface area contributed by atoms with Crippen LogP contribution in [0.2, 0.25) is 5.02 Å². The summed E-state index contributed by atoms with van der Waals surface area (Å²) in [6.07, 6.45) is 0. The first-order chi connectivity index (χ1) is 13.4. The zero-order chi connectivity index (χ0) is 20.1. The van der Waals surface area contributed by atoms with Gasteiger partial charge in [0.1, 0.15) is 5.75 Å². The molecule has 0 saturated carbocycles. The Kier molecular flexibility index (Phi) is 5.73. The highest BCUT2D eigenvalue weighted by atomic mass is 35.5. The number of hydrogen-bond acceptors (Lipinski definition) is 6. The highest BCUT2D eigenvalue weighted by Gasteiger charge is 2.19. The molecule has 0 spiro atoms. The van der Waals surface area contributed by atoms with Gasteiger partial charge in [-0.2, -0.15) is 10.2 Å². The number of nitriles is 1. The van der Waals surface area contributed by atoms with Crippen LogP contribution in [0.5, 0.6) is 0 Å². The van der Waals surface area contributed by atoms with E-state index in [9.17, 15) is 13.2 Å². The number of rotatable bonds is 6. The first kappa shape index (κ1) is 19.5. The minimum Gasteiger partial charge on any atom is -0.292 e. The van der Waals surface area contributed by atoms with Gasteiger partial charge >= 0.3 is 0 Å². The van der Waals surface area contributed by atoms with Crippen molar-refractivity contribution in [2.75, 3.05) is 11.1 Å². The molecular weight excluding hydrogens is 402 g/mol. The highest BCUT2D eigenvalue weighted by Crippen LogP contribution is 2.24. The van der Waals surface area contributed by atoms with Gasteiger partial charge in [-0.05, 0) is 29.8 Å². The molecule has 8 nitrogen and oxygen atoms in total. The summed E-state index contributed by atoms with van der Waals surface area (Å²) < 4.78 is 24.5. The molecule has 3 rings (SSSR count). The van der Waals surface area contributed by atoms with Gasteiger partial charge in [0, 0.05) is 5.56 Å². The Balaban J connectivity index is 1.63. The molecule has 1 aromatic heterocycles. The molecule has 10 heteroatoms. The molecule has 0 bridgehead atoms. The van der Waals surface area contributed by atoms with Crippen molar-refractivity contribution in [3.63, 3.8) is 0 Å². The van der Waals surface area contributed by atoms with E-state index in [1.807, 2.05) is 6.07 Å². The molecule has 0 unspecified atom stereocenters. The van der Waals surface area contributed by atoms with Crippen molar-refractivity contribution in [2.24, 2.45) is 0 Å². The first-order valence-electron chi connectivity index (χ1n) is 8.03. The van der Waals surface area contributed by atoms with Crippen molar-refractivity contribution in [1.82, 2.24) is 15.2 Å². The molecule has 0 saturated heterocycles. The fourth-order valence-corrected chi connectivity index (χ4v) is 3.93. The minimum absolute atomic E-state index is 0.0477. The predicted molar refractivity (Wildman–Crippen MR) is 104 cm³/mol. The molecule has 0 aliphatic heterocycles. The molecule has 3 aromatic rings. The van der Waals surface area contributed by atoms with E-state index >= 15 is 0 Å². The minimum atomic E-state index is -3.71. The molecule has 28 heavy (non-hydrogen) atoms. The predicted octanol–water partition coefficient (Wildman–Crippen LogP) is 2.55. The number of aromatic amines is 1. The fourth-order valence-electron chi connectivity index (χ4n) is 2.43. The molecule has 0 radical (unpaired) electrons. The number of anilines is 1. The van der Waals surface area contributed by atoms with Crippen LogP contribution in [-0.2, 0) is 20.4 Å². The number of aromatic nitrogens is 3. The molecule has 142 valence electrons. The summed E-state index contributed by atoms with van der Waals surface area (Å²) in [7, 11) is -3.71. The summed E-state index contributed by atoms with van der Waals surface area (Å²) in [5.41, 5.74) is 1.52. The Bertz CT molecular complexity index is 1150. The zero-order valence-corrected chi connectivity index (χ0v) is 16.0. The Morgan fingerprint density at radius 2 is 1.89 bits per heavy atom. The Morgan fingerprint density at radius 1 is 1.18 bits per heavy atom. The van der Waals surface area contributed by atoms with Crippen LogP contribution in [0, 0.1) is 11.3 Å². The second-order valence-corrected chi connectivity index (χ2v) is 8.35. The second kappa shape index (κ2) is 8.21. The van der Waals surface area contributed by atoms with Gasteiger partial charge in [-0.3, -0.25) is 15.2 Å². The van der Waals surface area contributed by atoms with Crippen LogP contribution >= 0.6 is 11.6 Å². The molecule has 2 N–H and O–H groups in total. The van der Waals surface area contributed by atoms with Crippen LogP contribution in [-0.4, -0.2) is 35.3 Å². The highest BCUT2D eigenvalue weighted by molar-refractivity contribution is 7.91. The van der Waals surface area contributed by atoms with E-state index in [0.717, 1.165) is 0 Å². The number of nitrogens with one attached hydrogen (secondary N) is 2. The van der Waals surface area contributed by atoms with Crippen molar-refractivity contribution >= 4 is 33.3 Å². The van der Waals surface area contributed by atoms with Crippen molar-refractivity contribution in [2.45, 2.75) is 5.75 Å². The van der Waals surface area contributed by atoms with Gasteiger partial charge in [-0.15, -0.1) is 5.10 Å². The lowest BCUT2D eigenvalue weighted by molar-refractivity contribution is -0.113. The van der Waals surface area contributed by atoms with Crippen LogP contribution in [0.15, 0.2) is 48.5 Å². The van der Waals surface area contributed by atoms with E-state index in [1.54, 1.807) is 36.4 Å². The quantitative estimate of drug-likeness (QED) is 0.636. The lowest BCUT2D eigenvalue weighted by Gasteiger charge is -2.04. The summed E-state index contributed by atoms with van der Waals surface area (Å²) >= 11 is 6.08. The third kappa shape index (κ3) is 4.94. The number of carbonyl (C=O) groups excluding carboxylic acids is 1. The van der Waals surface area contributed by atoms with Gasteiger partial charge < -0.3 is 0 Å². The van der Waals surface area contributed by atoms with Crippen molar-refractivity contribution in [3.05, 3.63) is 64.7 Å². The maximum Gasteiger partial charge on any atom is 0.249 e. The third-order valence-corrected chi connectivity index (χ3v) is 5.49. The lowest BCUT2D eigenvalue weighted by Crippen LogP contribution is -2.24. The van der Waals surface area contributed by atoms with Gasteiger partial charge in [0.25, 0.3) is 0 Å². The van der Waals surface area contributed by atoms with Crippen LogP contribution in [0.3, 0.4) is 0 Å². The molecule has 0 aliphatic rings. The second-order valence-electron chi connectivity index (χ2n) is 5.88. The van der Waals surface area contributed by atoms with E-state index in [1.165, 1.54) is 12.1 Å². The molecule has 1 amide bonds. The van der Waals surface area contributed by atoms with E-state index in [4.69, 9.17) is 16.9 Å². The van der Waals surface area contributed by atoms with Gasteiger partial charge in [-0.25, -0.2) is 8.42 Å². The standard InChI is InChI=1S/C18H14ClN5O3S/c19-15-4-2-1-3-14(15)17-22-18(24-23-17)21-16(25)11-28(26,27)10-13-7-5-12(9-20)6-8-13/h1-8H,10-11H2,(H2,21,22,23,24,25). The summed E-state index contributed by atoms with van der Waals surface area (Å²) in [6, 6.07) is 15.0. The van der Waals surface area contributed by atoms with Crippen LogP contribution in [0.4, 0.5) is 5.95 Å². The first-order valence-corrected chi connectivity index (χ1v) is 10.2. The largest absolute Gasteiger partial charge is 0.292 e. The Labute approximate surface area is 166 Å². The number of halogens is 1. The van der Waals surface area contributed by atoms with Gasteiger partial charge in [0.2, 0.25) is 11.9 Å². The van der Waals surface area contributed by atoms with E-state index < -0.39 is 21.5 Å². The van der Waals surface area contributed by atoms with Gasteiger partial charge in [0.15, 0.2) is 15.7 Å². The summed E-state index contributed by atoms with van der Waals surface area (Å²) in [6.45, 7) is 0. The topological polar surface area (TPSA) is 129 Å². The average molecular weight is 416 g/mol. The number of amides is 1. The third-order valence-electron chi connectivity index (χ3n) is 3.69. The number of benzene rings is 2. The SMILES string of the molecule is N#Cc1ccc(CS(=O)(=O)CC(=O)Nc2n[nH]c(-c3ccccc3Cl)n2)cc1. The summed E-state index contributed by atoms with van der Waals surface area (Å²) in [5.74, 6) is -1.48. The maximum absolute atomic E-state index is 12.2. The number of nitrogens with zero attached hydrogens (tertiary/aromatic N) is 3. The van der Waals surface area contributed by atoms with Crippen molar-refractivity contribution in [1.29, 1.82) is 5.26 Å². The van der Waals surface area contributed by atoms with E-state index in [2.05, 4.69) is 20.5 Å². The monoisotopic (exact) mass is 415 g/mol. The average Bonchev–Trinajstić information content (AvgIpc) is 3.09. The molecular formula is C18H14ClN5O3S. The number of sulfone groups is 1. The number of carbonyl (C=O) groups is 1. The van der Waals surface area contributed by atoms with Crippen LogP contribution < -0.4 is 5.32 Å². The fraction of sp³-hybridized carbons (Fsp3) is 0.111. The molecule has 1 heterocycles. The van der Waals surface area contributed by atoms with Gasteiger partial charge in [0.05, 0.1) is 22.4 Å². The number of hydrogen-bond donors (Lipinski definition) is 2. The summed E-state index contributed by atoms with van der Waals surface area (Å²) in [4.78, 5) is 16.2. The number of H-pyrrole nitrogens is 1. The van der Waals surface area contributed by atoms with Gasteiger partial charge in [-0.1, -0.05) is 35.9 Å². The zero-order valence-electron chi connectivity index (χ0n) is 14.4. The van der Waals surface area contributed by atoms with Crippen LogP contribution in [0.1, 0.15) is 11.1 Å². The Hall–Kier alpha value is -3.22. The lowest BCUT2D eigenvalue weighted by atomic mass is 10.2. The van der Waals surface area contributed by atoms with Crippen molar-refractivity contribution < 1.29 is 13.2 Å². The van der Waals surface area contributed by atoms with Crippen molar-refractivity contribution in [3.8, 4) is 17.5 Å². The molecule has 0 fully saturated rings. The molecule has 0 atom stereocenters. The van der Waals surface area contributed by atoms with Crippen LogP contribution in [0.25, 0.3) is 11.4 Å². The van der Waals surface area contributed by atoms with E-state index in [-0.39, 0.29) is 11.7 Å². The molecule has 0 aliphatic carbocycles. The Morgan fingerprint density at radius 3 is 2.57 bits per heavy atom. The van der Waals surface area contributed by atoms with E-state index in [0.29, 0.717) is 27.5 Å². The summed E-state index contributed by atoms with van der Waals surface area (Å²) in [5, 5.41) is 18.1. The normalized spacial score (nSPS) is 11.0. The smallest absolute Gasteiger partial charge is 0.249 e. The molecule has 2 aromatic carbocycles. The maximum atomic E-state index is 12.2.